The van der Waals surface area contributed by atoms with Crippen molar-refractivity contribution in [1.29, 1.82) is 0 Å². The van der Waals surface area contributed by atoms with Gasteiger partial charge in [-0.25, -0.2) is 0 Å². The van der Waals surface area contributed by atoms with Gasteiger partial charge in [0.2, 0.25) is 0 Å². The molecule has 0 saturated carbocycles. The van der Waals surface area contributed by atoms with E-state index >= 15 is 0 Å². The number of rotatable bonds is 12. The fourth-order valence-electron chi connectivity index (χ4n) is 2.30. The smallest absolute Gasteiger partial charge is 0.373 e. The second-order valence-corrected chi connectivity index (χ2v) is 9.40. The molecule has 0 rings (SSSR count). The molecule has 0 aliphatic heterocycles. The van der Waals surface area contributed by atoms with Crippen LogP contribution in [0.5, 0.6) is 0 Å². The Morgan fingerprint density at radius 2 is 0.743 bits per heavy atom. The summed E-state index contributed by atoms with van der Waals surface area (Å²) in [5.41, 5.74) is -6.80. The van der Waals surface area contributed by atoms with Gasteiger partial charge in [0.05, 0.1) is 0 Å². The van der Waals surface area contributed by atoms with E-state index in [2.05, 4.69) is 13.3 Å². The van der Waals surface area contributed by atoms with Crippen LogP contribution in [0.2, 0.25) is 0 Å². The first kappa shape index (κ1) is 36.3. The van der Waals surface area contributed by atoms with Crippen LogP contribution in [0, 0.1) is 0 Å². The third-order valence-electron chi connectivity index (χ3n) is 4.34. The quantitative estimate of drug-likeness (QED) is 0.240. The van der Waals surface area contributed by atoms with Crippen LogP contribution < -0.4 is 0 Å². The zero-order valence-electron chi connectivity index (χ0n) is 16.6. The van der Waals surface area contributed by atoms with E-state index in [-0.39, 0.29) is 32.3 Å². The third-order valence-corrected chi connectivity index (χ3v) is 7.04. The number of halogens is 17. The fourth-order valence-corrected chi connectivity index (χ4v) is 4.11. The molecule has 0 aliphatic carbocycles. The van der Waals surface area contributed by atoms with E-state index in [1.807, 2.05) is 0 Å². The first-order valence-electron chi connectivity index (χ1n) is 8.01. The minimum Gasteiger partial charge on any atom is -0.373 e. The molecule has 0 spiro atoms. The maximum atomic E-state index is 14.1. The molecule has 22 heteroatoms. The van der Waals surface area contributed by atoms with Crippen LogP contribution in [0.1, 0.15) is 12.8 Å². The molecule has 0 bridgehead atoms. The molecular formula is C13H17F17O3Si2. The lowest BCUT2D eigenvalue weighted by Gasteiger charge is -2.44. The van der Waals surface area contributed by atoms with Crippen LogP contribution in [0.15, 0.2) is 0 Å². The normalized spacial score (nSPS) is 15.8. The molecule has 0 aromatic carbocycles. The van der Waals surface area contributed by atoms with Gasteiger partial charge in [-0.3, -0.25) is 0 Å². The summed E-state index contributed by atoms with van der Waals surface area (Å²) >= 11 is 0. The van der Waals surface area contributed by atoms with Gasteiger partial charge in [0.15, 0.2) is 0 Å². The monoisotopic (exact) mass is 600 g/mol. The van der Waals surface area contributed by atoms with Gasteiger partial charge in [0.1, 0.15) is 0 Å². The van der Waals surface area contributed by atoms with Crippen LogP contribution in [-0.4, -0.2) is 88.4 Å². The lowest BCUT2D eigenvalue weighted by molar-refractivity contribution is -0.438. The highest BCUT2D eigenvalue weighted by Gasteiger charge is 2.95. The first-order valence-corrected chi connectivity index (χ1v) is 9.73. The minimum absolute atomic E-state index is 0. The Kier molecular flexibility index (Phi) is 10.5. The summed E-state index contributed by atoms with van der Waals surface area (Å²) in [4.78, 5) is 0. The predicted octanol–water partition coefficient (Wildman–Crippen LogP) is 4.74. The summed E-state index contributed by atoms with van der Waals surface area (Å²) in [6.07, 6.45) is -12.2. The largest absolute Gasteiger partial charge is 0.581 e. The minimum atomic E-state index is -8.44. The van der Waals surface area contributed by atoms with Gasteiger partial charge in [0, 0.05) is 34.2 Å². The van der Waals surface area contributed by atoms with E-state index in [1.54, 1.807) is 0 Å². The van der Waals surface area contributed by atoms with Crippen LogP contribution >= 0.6 is 0 Å². The summed E-state index contributed by atoms with van der Waals surface area (Å²) in [5, 5.41) is 0. The van der Waals surface area contributed by atoms with E-state index in [9.17, 15) is 74.6 Å². The molecule has 0 fully saturated rings. The number of alkyl halides is 17. The standard InChI is InChI=1S/C13H13F17O3Si.H4Si/c1-31-34(32-2,33-3)13(29,30)12(27,28)11(25,26)10(23,24)9(21,22)8(19,20)6(14,15)4-5-7(16,17)18;/h4-5H2,1-3H3;1H4. The van der Waals surface area contributed by atoms with Crippen molar-refractivity contribution in [3.63, 3.8) is 0 Å². The highest BCUT2D eigenvalue weighted by Crippen LogP contribution is 2.63. The first-order chi connectivity index (χ1) is 14.6. The van der Waals surface area contributed by atoms with Crippen molar-refractivity contribution in [2.45, 2.75) is 60.1 Å². The Morgan fingerprint density at radius 1 is 0.457 bits per heavy atom. The zero-order chi connectivity index (χ0) is 28.0. The zero-order valence-corrected chi connectivity index (χ0v) is 17.6. The van der Waals surface area contributed by atoms with Gasteiger partial charge < -0.3 is 13.3 Å². The van der Waals surface area contributed by atoms with Gasteiger partial charge in [-0.2, -0.15) is 74.6 Å². The van der Waals surface area contributed by atoms with Crippen LogP contribution in [0.4, 0.5) is 74.6 Å². The van der Waals surface area contributed by atoms with Crippen molar-refractivity contribution in [3.05, 3.63) is 0 Å². The lowest BCUT2D eigenvalue weighted by atomic mass is 9.90. The Balaban J connectivity index is 0. The Morgan fingerprint density at radius 3 is 1.03 bits per heavy atom. The van der Waals surface area contributed by atoms with Gasteiger partial charge >= 0.3 is 56.1 Å². The van der Waals surface area contributed by atoms with Crippen molar-refractivity contribution in [2.24, 2.45) is 0 Å². The number of hydrogen-bond acceptors (Lipinski definition) is 3. The molecule has 0 aliphatic rings. The average molecular weight is 600 g/mol. The Labute approximate surface area is 190 Å². The highest BCUT2D eigenvalue weighted by molar-refractivity contribution is 6.63. The van der Waals surface area contributed by atoms with Gasteiger partial charge in [-0.1, -0.05) is 0 Å². The van der Waals surface area contributed by atoms with Crippen molar-refractivity contribution in [1.82, 2.24) is 0 Å². The van der Waals surface area contributed by atoms with Gasteiger partial charge in [0.25, 0.3) is 0 Å². The molecule has 0 aromatic rings. The average Bonchev–Trinajstić information content (AvgIpc) is 2.66. The van der Waals surface area contributed by atoms with E-state index in [1.165, 1.54) is 0 Å². The summed E-state index contributed by atoms with van der Waals surface area (Å²) in [6.45, 7) is 0. The third kappa shape index (κ3) is 5.26. The van der Waals surface area contributed by atoms with E-state index in [0.29, 0.717) is 0 Å². The second-order valence-electron chi connectivity index (χ2n) is 6.43. The summed E-state index contributed by atoms with van der Waals surface area (Å²) < 4.78 is 239. The predicted molar refractivity (Wildman–Crippen MR) is 88.0 cm³/mol. The molecule has 0 N–H and O–H groups in total. The molecule has 214 valence electrons. The van der Waals surface area contributed by atoms with Crippen LogP contribution in [-0.2, 0) is 13.3 Å². The van der Waals surface area contributed by atoms with Crippen molar-refractivity contribution in [3.8, 4) is 0 Å². The highest BCUT2D eigenvalue weighted by atomic mass is 28.4. The molecule has 0 amide bonds. The second kappa shape index (κ2) is 10.1. The molecule has 0 heterocycles. The van der Waals surface area contributed by atoms with E-state index < -0.39 is 68.9 Å². The fraction of sp³-hybridized carbons (Fsp3) is 1.00. The van der Waals surface area contributed by atoms with Crippen molar-refractivity contribution in [2.75, 3.05) is 21.3 Å². The maximum absolute atomic E-state index is 14.1. The number of hydrogen-bond donors (Lipinski definition) is 0. The molecule has 0 aromatic heterocycles. The molecule has 0 unspecified atom stereocenters. The van der Waals surface area contributed by atoms with Crippen LogP contribution in [0.3, 0.4) is 0 Å². The lowest BCUT2D eigenvalue weighted by Crippen LogP contribution is -2.77. The van der Waals surface area contributed by atoms with Crippen molar-refractivity contribution >= 4 is 19.8 Å². The summed E-state index contributed by atoms with van der Waals surface area (Å²) in [5.74, 6) is -47.6. The Bertz CT molecular complexity index is 698. The van der Waals surface area contributed by atoms with Gasteiger partial charge in [-0.05, 0) is 11.0 Å². The topological polar surface area (TPSA) is 27.7 Å². The maximum Gasteiger partial charge on any atom is 0.581 e. The molecule has 0 radical (unpaired) electrons. The molecule has 3 nitrogen and oxygen atoms in total. The Hall–Kier alpha value is -0.876. The van der Waals surface area contributed by atoms with E-state index in [0.717, 1.165) is 0 Å². The molecular weight excluding hydrogens is 583 g/mol. The van der Waals surface area contributed by atoms with Crippen molar-refractivity contribution < 1.29 is 87.9 Å². The molecule has 35 heavy (non-hydrogen) atoms. The van der Waals surface area contributed by atoms with Crippen LogP contribution in [0.25, 0.3) is 0 Å². The van der Waals surface area contributed by atoms with Gasteiger partial charge in [-0.15, -0.1) is 0 Å². The summed E-state index contributed by atoms with van der Waals surface area (Å²) in [6, 6.07) is 0. The molecule has 0 atom stereocenters. The SMILES string of the molecule is CO[Si](OC)(OC)C(F)(F)C(F)(F)C(F)(F)C(F)(F)C(F)(F)C(F)(F)C(F)(F)CCC(F)(F)F.[SiH4]. The molecule has 0 saturated heterocycles. The van der Waals surface area contributed by atoms with E-state index in [4.69, 9.17) is 0 Å². The summed E-state index contributed by atoms with van der Waals surface area (Å²) in [7, 11) is -6.45.